The van der Waals surface area contributed by atoms with E-state index in [2.05, 4.69) is 62.5 Å². The molecule has 0 heterocycles. The van der Waals surface area contributed by atoms with Crippen LogP contribution in [0.1, 0.15) is 162 Å². The summed E-state index contributed by atoms with van der Waals surface area (Å²) in [7, 11) is 0. The maximum absolute atomic E-state index is 12.1. The van der Waals surface area contributed by atoms with Gasteiger partial charge in [0.05, 0.1) is 6.61 Å². The van der Waals surface area contributed by atoms with E-state index in [1.807, 2.05) is 0 Å². The lowest BCUT2D eigenvalue weighted by atomic mass is 10.0. The molecular formula is C38H66O5. The van der Waals surface area contributed by atoms with Gasteiger partial charge in [-0.2, -0.15) is 0 Å². The van der Waals surface area contributed by atoms with Crippen LogP contribution < -0.4 is 0 Å². The van der Waals surface area contributed by atoms with Crippen molar-refractivity contribution < 1.29 is 24.2 Å². The van der Waals surface area contributed by atoms with Crippen LogP contribution in [0.5, 0.6) is 0 Å². The summed E-state index contributed by atoms with van der Waals surface area (Å²) in [5, 5.41) is 9.51. The third-order valence-electron chi connectivity index (χ3n) is 7.39. The first-order valence-corrected chi connectivity index (χ1v) is 17.7. The van der Waals surface area contributed by atoms with Crippen molar-refractivity contribution in [1.82, 2.24) is 0 Å². The van der Waals surface area contributed by atoms with Crippen LogP contribution in [0.3, 0.4) is 0 Å². The van der Waals surface area contributed by atoms with E-state index in [0.29, 0.717) is 12.8 Å². The van der Waals surface area contributed by atoms with Crippen LogP contribution in [0, 0.1) is 0 Å². The van der Waals surface area contributed by atoms with Gasteiger partial charge in [0.25, 0.3) is 0 Å². The predicted molar refractivity (Wildman–Crippen MR) is 182 cm³/mol. The van der Waals surface area contributed by atoms with E-state index in [1.54, 1.807) is 0 Å². The SMILES string of the molecule is CC/C=C\C/C=C\C/C=C\C/C=C\CCCCCCC(=O)O[C@@H](CO)COC(=O)CCCCCCCCCCCCCC. The molecular weight excluding hydrogens is 536 g/mol. The van der Waals surface area contributed by atoms with Gasteiger partial charge in [0.15, 0.2) is 6.10 Å². The molecule has 0 saturated carbocycles. The normalized spacial score (nSPS) is 12.7. The molecule has 0 aliphatic heterocycles. The number of aliphatic hydroxyl groups is 1. The largest absolute Gasteiger partial charge is 0.462 e. The predicted octanol–water partition coefficient (Wildman–Crippen LogP) is 10.7. The number of hydrogen-bond donors (Lipinski definition) is 1. The molecule has 0 amide bonds. The lowest BCUT2D eigenvalue weighted by Gasteiger charge is -2.15. The van der Waals surface area contributed by atoms with Crippen LogP contribution in [-0.2, 0) is 19.1 Å². The van der Waals surface area contributed by atoms with Crippen LogP contribution >= 0.6 is 0 Å². The topological polar surface area (TPSA) is 72.8 Å². The van der Waals surface area contributed by atoms with Gasteiger partial charge in [0.2, 0.25) is 0 Å². The van der Waals surface area contributed by atoms with Gasteiger partial charge in [0.1, 0.15) is 6.61 Å². The van der Waals surface area contributed by atoms with E-state index in [-0.39, 0.29) is 25.2 Å². The first-order valence-electron chi connectivity index (χ1n) is 17.7. The number of rotatable bonds is 31. The number of esters is 2. The van der Waals surface area contributed by atoms with Crippen molar-refractivity contribution >= 4 is 11.9 Å². The average molecular weight is 603 g/mol. The molecule has 0 aromatic rings. The second-order valence-electron chi connectivity index (χ2n) is 11.6. The zero-order valence-corrected chi connectivity index (χ0v) is 28.0. The van der Waals surface area contributed by atoms with Crippen molar-refractivity contribution in [2.24, 2.45) is 0 Å². The zero-order chi connectivity index (χ0) is 31.5. The molecule has 43 heavy (non-hydrogen) atoms. The average Bonchev–Trinajstić information content (AvgIpc) is 3.01. The highest BCUT2D eigenvalue weighted by Crippen LogP contribution is 2.13. The molecule has 0 radical (unpaired) electrons. The number of aliphatic hydroxyl groups excluding tert-OH is 1. The summed E-state index contributed by atoms with van der Waals surface area (Å²) in [6, 6.07) is 0. The number of allylic oxidation sites excluding steroid dienone is 8. The fourth-order valence-electron chi connectivity index (χ4n) is 4.72. The molecule has 0 spiro atoms. The molecule has 0 rings (SSSR count). The van der Waals surface area contributed by atoms with Crippen molar-refractivity contribution in [3.8, 4) is 0 Å². The van der Waals surface area contributed by atoms with Gasteiger partial charge in [-0.25, -0.2) is 0 Å². The maximum atomic E-state index is 12.1. The minimum atomic E-state index is -0.781. The van der Waals surface area contributed by atoms with Gasteiger partial charge in [-0.1, -0.05) is 146 Å². The Bertz CT molecular complexity index is 737. The summed E-state index contributed by atoms with van der Waals surface area (Å²) in [5.41, 5.74) is 0. The van der Waals surface area contributed by atoms with E-state index >= 15 is 0 Å². The van der Waals surface area contributed by atoms with Crippen LogP contribution in [0.2, 0.25) is 0 Å². The maximum Gasteiger partial charge on any atom is 0.306 e. The van der Waals surface area contributed by atoms with Gasteiger partial charge in [-0.15, -0.1) is 0 Å². The van der Waals surface area contributed by atoms with Gasteiger partial charge >= 0.3 is 11.9 Å². The second kappa shape index (κ2) is 34.4. The van der Waals surface area contributed by atoms with Crippen molar-refractivity contribution in [1.29, 1.82) is 0 Å². The van der Waals surface area contributed by atoms with Gasteiger partial charge in [0, 0.05) is 12.8 Å². The van der Waals surface area contributed by atoms with Gasteiger partial charge < -0.3 is 14.6 Å². The van der Waals surface area contributed by atoms with Gasteiger partial charge in [-0.3, -0.25) is 9.59 Å². The number of hydrogen-bond acceptors (Lipinski definition) is 5. The van der Waals surface area contributed by atoms with Crippen LogP contribution in [0.4, 0.5) is 0 Å². The summed E-state index contributed by atoms with van der Waals surface area (Å²) in [5.74, 6) is -0.621. The Labute approximate surface area is 265 Å². The summed E-state index contributed by atoms with van der Waals surface area (Å²) in [6.07, 6.45) is 41.6. The first kappa shape index (κ1) is 40.9. The number of ether oxygens (including phenoxy) is 2. The van der Waals surface area contributed by atoms with Crippen molar-refractivity contribution in [3.63, 3.8) is 0 Å². The van der Waals surface area contributed by atoms with Crippen molar-refractivity contribution in [3.05, 3.63) is 48.6 Å². The molecule has 1 N–H and O–H groups in total. The second-order valence-corrected chi connectivity index (χ2v) is 11.6. The quantitative estimate of drug-likeness (QED) is 0.0485. The number of unbranched alkanes of at least 4 members (excludes halogenated alkanes) is 15. The fraction of sp³-hybridized carbons (Fsp3) is 0.737. The summed E-state index contributed by atoms with van der Waals surface area (Å²) < 4.78 is 10.5. The molecule has 0 aromatic carbocycles. The van der Waals surface area contributed by atoms with E-state index < -0.39 is 6.10 Å². The molecule has 0 saturated heterocycles. The molecule has 248 valence electrons. The fourth-order valence-corrected chi connectivity index (χ4v) is 4.72. The van der Waals surface area contributed by atoms with Crippen LogP contribution in [0.25, 0.3) is 0 Å². The third-order valence-corrected chi connectivity index (χ3v) is 7.39. The molecule has 0 aliphatic rings. The Morgan fingerprint density at radius 2 is 1.00 bits per heavy atom. The van der Waals surface area contributed by atoms with Crippen molar-refractivity contribution in [2.45, 2.75) is 168 Å². The summed E-state index contributed by atoms with van der Waals surface area (Å²) >= 11 is 0. The highest BCUT2D eigenvalue weighted by atomic mass is 16.6. The Kier molecular flexibility index (Phi) is 32.6. The Morgan fingerprint density at radius 3 is 1.51 bits per heavy atom. The molecule has 0 aromatic heterocycles. The number of carbonyl (C=O) groups excluding carboxylic acids is 2. The lowest BCUT2D eigenvalue weighted by molar-refractivity contribution is -0.161. The van der Waals surface area contributed by atoms with Crippen LogP contribution in [-0.4, -0.2) is 36.4 Å². The standard InChI is InChI=1S/C38H66O5/c1-3-5-7-9-11-13-15-17-18-19-20-21-23-25-27-29-31-33-38(41)43-36(34-39)35-42-37(40)32-30-28-26-24-22-16-14-12-10-8-6-4-2/h5,7,11,13,17-18,20-21,36,39H,3-4,6,8-10,12,14-16,19,22-35H2,1-2H3/b7-5-,13-11-,18-17-,21-20-/t36-/m0/s1. The van der Waals surface area contributed by atoms with E-state index in [1.165, 1.54) is 57.8 Å². The monoisotopic (exact) mass is 602 g/mol. The highest BCUT2D eigenvalue weighted by molar-refractivity contribution is 5.70. The Balaban J connectivity index is 3.64. The summed E-state index contributed by atoms with van der Waals surface area (Å²) in [6.45, 7) is 3.98. The summed E-state index contributed by atoms with van der Waals surface area (Å²) in [4.78, 5) is 24.1. The Morgan fingerprint density at radius 1 is 0.558 bits per heavy atom. The minimum Gasteiger partial charge on any atom is -0.462 e. The van der Waals surface area contributed by atoms with Crippen LogP contribution in [0.15, 0.2) is 48.6 Å². The smallest absolute Gasteiger partial charge is 0.306 e. The molecule has 0 fully saturated rings. The molecule has 5 heteroatoms. The van der Waals surface area contributed by atoms with Gasteiger partial charge in [-0.05, 0) is 51.4 Å². The minimum absolute atomic E-state index is 0.0752. The Hall–Kier alpha value is -2.14. The molecule has 5 nitrogen and oxygen atoms in total. The van der Waals surface area contributed by atoms with E-state index in [9.17, 15) is 14.7 Å². The molecule has 0 aliphatic carbocycles. The molecule has 0 unspecified atom stereocenters. The lowest BCUT2D eigenvalue weighted by Crippen LogP contribution is -2.28. The third kappa shape index (κ3) is 32.6. The zero-order valence-electron chi connectivity index (χ0n) is 28.0. The highest BCUT2D eigenvalue weighted by Gasteiger charge is 2.16. The molecule has 1 atom stereocenters. The number of carbonyl (C=O) groups is 2. The van der Waals surface area contributed by atoms with Crippen molar-refractivity contribution in [2.75, 3.05) is 13.2 Å². The van der Waals surface area contributed by atoms with E-state index in [4.69, 9.17) is 9.47 Å². The molecule has 0 bridgehead atoms. The van der Waals surface area contributed by atoms with E-state index in [0.717, 1.165) is 77.0 Å². The first-order chi connectivity index (χ1) is 21.1.